The van der Waals surface area contributed by atoms with E-state index in [2.05, 4.69) is 0 Å². The highest BCUT2D eigenvalue weighted by Gasteiger charge is 2.18. The van der Waals surface area contributed by atoms with Gasteiger partial charge >= 0.3 is 0 Å². The quantitative estimate of drug-likeness (QED) is 0.341. The molecule has 4 aromatic carbocycles. The summed E-state index contributed by atoms with van der Waals surface area (Å²) >= 11 is 0. The Morgan fingerprint density at radius 1 is 0.452 bits per heavy atom. The Labute approximate surface area is 182 Å². The van der Waals surface area contributed by atoms with Crippen molar-refractivity contribution in [1.82, 2.24) is 0 Å². The molecule has 0 atom stereocenters. The number of rotatable bonds is 6. The van der Waals surface area contributed by atoms with E-state index in [1.165, 1.54) is 0 Å². The first-order valence-electron chi connectivity index (χ1n) is 9.84. The molecule has 0 saturated heterocycles. The van der Waals surface area contributed by atoms with E-state index < -0.39 is 9.84 Å². The molecule has 0 fully saturated rings. The van der Waals surface area contributed by atoms with Crippen LogP contribution in [0.15, 0.2) is 107 Å². The molecule has 31 heavy (non-hydrogen) atoms. The minimum absolute atomic E-state index is 0.205. The third-order valence-corrected chi connectivity index (χ3v) is 6.57. The van der Waals surface area contributed by atoms with Gasteiger partial charge in [-0.2, -0.15) is 0 Å². The SMILES string of the molecule is Cc1ccc(Oc2ccc(S(=O)(=O)c3ccc(Oc4ccc(C)cc4)cc3)cc2)cc1. The first-order chi connectivity index (χ1) is 14.9. The van der Waals surface area contributed by atoms with Gasteiger partial charge in [0, 0.05) is 0 Å². The number of hydrogen-bond donors (Lipinski definition) is 0. The summed E-state index contributed by atoms with van der Waals surface area (Å²) in [6, 6.07) is 28.2. The van der Waals surface area contributed by atoms with E-state index in [1.54, 1.807) is 48.5 Å². The molecule has 0 bridgehead atoms. The minimum atomic E-state index is -3.64. The van der Waals surface area contributed by atoms with E-state index in [4.69, 9.17) is 9.47 Å². The number of aryl methyl sites for hydroxylation is 2. The van der Waals surface area contributed by atoms with Crippen LogP contribution in [0.1, 0.15) is 11.1 Å². The maximum atomic E-state index is 13.0. The second-order valence-electron chi connectivity index (χ2n) is 7.28. The van der Waals surface area contributed by atoms with E-state index in [0.717, 1.165) is 11.1 Å². The smallest absolute Gasteiger partial charge is 0.206 e. The van der Waals surface area contributed by atoms with Gasteiger partial charge in [0.15, 0.2) is 0 Å². The van der Waals surface area contributed by atoms with Crippen LogP contribution in [0.5, 0.6) is 23.0 Å². The molecule has 4 aromatic rings. The lowest BCUT2D eigenvalue weighted by Gasteiger charge is -2.09. The molecule has 0 heterocycles. The standard InChI is InChI=1S/C26H22O4S/c1-19-3-7-21(8-4-19)29-23-11-15-25(16-12-23)31(27,28)26-17-13-24(14-18-26)30-22-9-5-20(2)6-10-22/h3-18H,1-2H3. The van der Waals surface area contributed by atoms with Crippen molar-refractivity contribution < 1.29 is 17.9 Å². The summed E-state index contributed by atoms with van der Waals surface area (Å²) in [7, 11) is -3.64. The second-order valence-corrected chi connectivity index (χ2v) is 9.23. The lowest BCUT2D eigenvalue weighted by molar-refractivity contribution is 0.482. The topological polar surface area (TPSA) is 52.6 Å². The Balaban J connectivity index is 1.48. The normalized spacial score (nSPS) is 11.2. The van der Waals surface area contributed by atoms with E-state index in [9.17, 15) is 8.42 Å². The van der Waals surface area contributed by atoms with Crippen LogP contribution in [0.2, 0.25) is 0 Å². The number of ether oxygens (including phenoxy) is 2. The third-order valence-electron chi connectivity index (χ3n) is 4.78. The highest BCUT2D eigenvalue weighted by molar-refractivity contribution is 7.91. The molecule has 0 aliphatic heterocycles. The molecule has 4 rings (SSSR count). The van der Waals surface area contributed by atoms with Crippen molar-refractivity contribution in [3.63, 3.8) is 0 Å². The molecule has 0 spiro atoms. The van der Waals surface area contributed by atoms with Crippen LogP contribution in [0.4, 0.5) is 0 Å². The lowest BCUT2D eigenvalue weighted by atomic mass is 10.2. The maximum absolute atomic E-state index is 13.0. The lowest BCUT2D eigenvalue weighted by Crippen LogP contribution is -2.01. The highest BCUT2D eigenvalue weighted by atomic mass is 32.2. The fourth-order valence-corrected chi connectivity index (χ4v) is 4.26. The minimum Gasteiger partial charge on any atom is -0.457 e. The van der Waals surface area contributed by atoms with E-state index in [-0.39, 0.29) is 9.79 Å². The van der Waals surface area contributed by atoms with Gasteiger partial charge in [-0.3, -0.25) is 0 Å². The largest absolute Gasteiger partial charge is 0.457 e. The molecule has 5 heteroatoms. The predicted octanol–water partition coefficient (Wildman–Crippen LogP) is 6.72. The van der Waals surface area contributed by atoms with Gasteiger partial charge in [-0.15, -0.1) is 0 Å². The van der Waals surface area contributed by atoms with Gasteiger partial charge in [0.1, 0.15) is 23.0 Å². The summed E-state index contributed by atoms with van der Waals surface area (Å²) in [5.41, 5.74) is 2.29. The summed E-state index contributed by atoms with van der Waals surface area (Å²) in [6.45, 7) is 4.01. The van der Waals surface area contributed by atoms with Crippen LogP contribution in [-0.2, 0) is 9.84 Å². The molecule has 0 aliphatic rings. The molecule has 156 valence electrons. The molecule has 0 radical (unpaired) electrons. The van der Waals surface area contributed by atoms with Crippen LogP contribution in [0, 0.1) is 13.8 Å². The summed E-state index contributed by atoms with van der Waals surface area (Å²) in [5.74, 6) is 2.55. The van der Waals surface area contributed by atoms with Crippen molar-refractivity contribution in [3.05, 3.63) is 108 Å². The van der Waals surface area contributed by atoms with Crippen molar-refractivity contribution in [2.45, 2.75) is 23.6 Å². The monoisotopic (exact) mass is 430 g/mol. The highest BCUT2D eigenvalue weighted by Crippen LogP contribution is 2.28. The summed E-state index contributed by atoms with van der Waals surface area (Å²) in [5, 5.41) is 0. The average molecular weight is 431 g/mol. The van der Waals surface area contributed by atoms with E-state index in [1.807, 2.05) is 62.4 Å². The van der Waals surface area contributed by atoms with Crippen LogP contribution in [0.3, 0.4) is 0 Å². The van der Waals surface area contributed by atoms with Crippen LogP contribution < -0.4 is 9.47 Å². The molecule has 0 saturated carbocycles. The zero-order valence-corrected chi connectivity index (χ0v) is 18.1. The van der Waals surface area contributed by atoms with Gasteiger partial charge in [0.25, 0.3) is 0 Å². The Morgan fingerprint density at radius 3 is 1.00 bits per heavy atom. The van der Waals surface area contributed by atoms with Gasteiger partial charge < -0.3 is 9.47 Å². The molecular weight excluding hydrogens is 408 g/mol. The van der Waals surface area contributed by atoms with Crippen molar-refractivity contribution in [2.75, 3.05) is 0 Å². The first-order valence-corrected chi connectivity index (χ1v) is 11.3. The van der Waals surface area contributed by atoms with Crippen molar-refractivity contribution in [3.8, 4) is 23.0 Å². The Hall–Kier alpha value is -3.57. The second kappa shape index (κ2) is 8.66. The summed E-state index contributed by atoms with van der Waals surface area (Å²) in [6.07, 6.45) is 0. The molecule has 4 nitrogen and oxygen atoms in total. The number of sulfone groups is 1. The average Bonchev–Trinajstić information content (AvgIpc) is 2.78. The van der Waals surface area contributed by atoms with E-state index >= 15 is 0 Å². The fraction of sp³-hybridized carbons (Fsp3) is 0.0769. The molecule has 0 unspecified atom stereocenters. The zero-order valence-electron chi connectivity index (χ0n) is 17.3. The predicted molar refractivity (Wildman–Crippen MR) is 121 cm³/mol. The number of benzene rings is 4. The maximum Gasteiger partial charge on any atom is 0.206 e. The Kier molecular flexibility index (Phi) is 5.78. The van der Waals surface area contributed by atoms with Crippen LogP contribution >= 0.6 is 0 Å². The molecule has 0 N–H and O–H groups in total. The van der Waals surface area contributed by atoms with Crippen molar-refractivity contribution >= 4 is 9.84 Å². The van der Waals surface area contributed by atoms with Crippen molar-refractivity contribution in [2.24, 2.45) is 0 Å². The van der Waals surface area contributed by atoms with Crippen LogP contribution in [0.25, 0.3) is 0 Å². The molecule has 0 aliphatic carbocycles. The molecule has 0 aromatic heterocycles. The summed E-state index contributed by atoms with van der Waals surface area (Å²) in [4.78, 5) is 0.409. The van der Waals surface area contributed by atoms with Gasteiger partial charge in [-0.25, -0.2) is 8.42 Å². The van der Waals surface area contributed by atoms with Gasteiger partial charge in [0.2, 0.25) is 9.84 Å². The van der Waals surface area contributed by atoms with E-state index in [0.29, 0.717) is 23.0 Å². The third kappa shape index (κ3) is 4.95. The number of hydrogen-bond acceptors (Lipinski definition) is 4. The molecular formula is C26H22O4S. The zero-order chi connectivity index (χ0) is 21.8. The van der Waals surface area contributed by atoms with Crippen LogP contribution in [-0.4, -0.2) is 8.42 Å². The van der Waals surface area contributed by atoms with Gasteiger partial charge in [0.05, 0.1) is 9.79 Å². The van der Waals surface area contributed by atoms with Crippen molar-refractivity contribution in [1.29, 1.82) is 0 Å². The first kappa shape index (κ1) is 20.7. The Morgan fingerprint density at radius 2 is 0.710 bits per heavy atom. The fourth-order valence-electron chi connectivity index (χ4n) is 2.99. The molecule has 0 amide bonds. The summed E-state index contributed by atoms with van der Waals surface area (Å²) < 4.78 is 37.5. The Bertz CT molecular complexity index is 1160. The van der Waals surface area contributed by atoms with Gasteiger partial charge in [-0.05, 0) is 86.6 Å². The van der Waals surface area contributed by atoms with Gasteiger partial charge in [-0.1, -0.05) is 35.4 Å².